The number of nitriles is 1. The van der Waals surface area contributed by atoms with Gasteiger partial charge in [-0.15, -0.1) is 0 Å². The van der Waals surface area contributed by atoms with Gasteiger partial charge in [-0.2, -0.15) is 5.26 Å². The molecule has 2 heterocycles. The summed E-state index contributed by atoms with van der Waals surface area (Å²) in [6.07, 6.45) is 0. The van der Waals surface area contributed by atoms with Gasteiger partial charge in [-0.1, -0.05) is 12.1 Å². The van der Waals surface area contributed by atoms with Crippen LogP contribution < -0.4 is 5.32 Å². The lowest BCUT2D eigenvalue weighted by atomic mass is 10.1. The van der Waals surface area contributed by atoms with E-state index < -0.39 is 0 Å². The second kappa shape index (κ2) is 4.90. The van der Waals surface area contributed by atoms with Crippen LogP contribution in [0.5, 0.6) is 0 Å². The van der Waals surface area contributed by atoms with Gasteiger partial charge < -0.3 is 10.2 Å². The van der Waals surface area contributed by atoms with Crippen LogP contribution in [0.1, 0.15) is 11.1 Å². The topological polar surface area (TPSA) is 59.4 Å². The number of hydrogen-bond donors (Lipinski definition) is 1. The van der Waals surface area contributed by atoms with Gasteiger partial charge in [0.05, 0.1) is 17.7 Å². The first-order valence-corrected chi connectivity index (χ1v) is 6.52. The first-order chi connectivity index (χ1) is 9.26. The largest absolute Gasteiger partial charge is 0.336 e. The number of nitrogens with zero attached hydrogens (tertiary/aromatic N) is 3. The third-order valence-electron chi connectivity index (χ3n) is 3.78. The standard InChI is InChI=1S/C14H16N4O/c15-7-11-2-1-3-12(6-11)9-17-4-5-18-13(10-17)8-16-14(18)19/h1-3,6,13H,4-5,8-10H2,(H,16,19). The fourth-order valence-electron chi connectivity index (χ4n) is 2.81. The predicted molar refractivity (Wildman–Crippen MR) is 70.3 cm³/mol. The van der Waals surface area contributed by atoms with Crippen LogP contribution in [0.25, 0.3) is 0 Å². The Balaban J connectivity index is 1.65. The van der Waals surface area contributed by atoms with E-state index in [2.05, 4.69) is 16.3 Å². The summed E-state index contributed by atoms with van der Waals surface area (Å²) < 4.78 is 0. The van der Waals surface area contributed by atoms with Crippen molar-refractivity contribution in [2.45, 2.75) is 12.6 Å². The first-order valence-electron chi connectivity index (χ1n) is 6.52. The molecule has 1 unspecified atom stereocenters. The summed E-state index contributed by atoms with van der Waals surface area (Å²) in [5, 5.41) is 11.8. The summed E-state index contributed by atoms with van der Waals surface area (Å²) in [5.41, 5.74) is 1.86. The normalized spacial score (nSPS) is 22.8. The number of carbonyl (C=O) groups excluding carboxylic acids is 1. The Hall–Kier alpha value is -2.06. The van der Waals surface area contributed by atoms with Crippen LogP contribution in [0, 0.1) is 11.3 Å². The molecule has 0 radical (unpaired) electrons. The Bertz CT molecular complexity index is 536. The highest BCUT2D eigenvalue weighted by Gasteiger charge is 2.35. The van der Waals surface area contributed by atoms with Gasteiger partial charge in [0.15, 0.2) is 0 Å². The molecule has 0 bridgehead atoms. The number of nitrogens with one attached hydrogen (secondary N) is 1. The van der Waals surface area contributed by atoms with Crippen LogP contribution in [0.4, 0.5) is 4.79 Å². The number of urea groups is 1. The highest BCUT2D eigenvalue weighted by molar-refractivity contribution is 5.77. The molecule has 98 valence electrons. The van der Waals surface area contributed by atoms with Crippen molar-refractivity contribution in [2.24, 2.45) is 0 Å². The SMILES string of the molecule is N#Cc1cccc(CN2CCN3C(=O)NCC3C2)c1. The van der Waals surface area contributed by atoms with Crippen molar-refractivity contribution < 1.29 is 4.79 Å². The zero-order valence-electron chi connectivity index (χ0n) is 10.7. The average molecular weight is 256 g/mol. The molecule has 0 spiro atoms. The number of benzene rings is 1. The minimum Gasteiger partial charge on any atom is -0.336 e. The van der Waals surface area contributed by atoms with Crippen molar-refractivity contribution >= 4 is 6.03 Å². The summed E-state index contributed by atoms with van der Waals surface area (Å²) in [7, 11) is 0. The molecule has 2 amide bonds. The highest BCUT2D eigenvalue weighted by atomic mass is 16.2. The number of amides is 2. The molecule has 1 aromatic carbocycles. The summed E-state index contributed by atoms with van der Waals surface area (Å²) >= 11 is 0. The van der Waals surface area contributed by atoms with Gasteiger partial charge >= 0.3 is 6.03 Å². The maximum absolute atomic E-state index is 11.5. The van der Waals surface area contributed by atoms with Crippen molar-refractivity contribution in [3.05, 3.63) is 35.4 Å². The Morgan fingerprint density at radius 3 is 3.16 bits per heavy atom. The van der Waals surface area contributed by atoms with E-state index in [9.17, 15) is 4.79 Å². The monoisotopic (exact) mass is 256 g/mol. The zero-order chi connectivity index (χ0) is 13.2. The van der Waals surface area contributed by atoms with Crippen molar-refractivity contribution in [3.8, 4) is 6.07 Å². The Morgan fingerprint density at radius 2 is 2.32 bits per heavy atom. The second-order valence-electron chi connectivity index (χ2n) is 5.08. The van der Waals surface area contributed by atoms with Crippen LogP contribution in [0.15, 0.2) is 24.3 Å². The molecule has 0 saturated carbocycles. The molecule has 19 heavy (non-hydrogen) atoms. The molecular formula is C14H16N4O. The van der Waals surface area contributed by atoms with E-state index in [1.807, 2.05) is 29.2 Å². The number of fused-ring (bicyclic) bond motifs is 1. The highest BCUT2D eigenvalue weighted by Crippen LogP contribution is 2.16. The van der Waals surface area contributed by atoms with E-state index in [1.165, 1.54) is 0 Å². The molecule has 1 atom stereocenters. The number of carbonyl (C=O) groups is 1. The fourth-order valence-corrected chi connectivity index (χ4v) is 2.81. The van der Waals surface area contributed by atoms with E-state index in [-0.39, 0.29) is 6.03 Å². The fraction of sp³-hybridized carbons (Fsp3) is 0.429. The predicted octanol–water partition coefficient (Wildman–Crippen LogP) is 0.768. The molecule has 0 aliphatic carbocycles. The molecule has 2 aliphatic rings. The van der Waals surface area contributed by atoms with Crippen LogP contribution in [0.2, 0.25) is 0 Å². The van der Waals surface area contributed by atoms with Crippen LogP contribution in [-0.2, 0) is 6.54 Å². The molecule has 0 aromatic heterocycles. The van der Waals surface area contributed by atoms with E-state index in [0.717, 1.165) is 38.3 Å². The third-order valence-corrected chi connectivity index (χ3v) is 3.78. The lowest BCUT2D eigenvalue weighted by Crippen LogP contribution is -2.51. The molecular weight excluding hydrogens is 240 g/mol. The third kappa shape index (κ3) is 2.40. The molecule has 2 saturated heterocycles. The van der Waals surface area contributed by atoms with Crippen molar-refractivity contribution in [1.82, 2.24) is 15.1 Å². The number of hydrogen-bond acceptors (Lipinski definition) is 3. The molecule has 1 N–H and O–H groups in total. The van der Waals surface area contributed by atoms with Crippen molar-refractivity contribution in [2.75, 3.05) is 26.2 Å². The van der Waals surface area contributed by atoms with E-state index in [1.54, 1.807) is 0 Å². The van der Waals surface area contributed by atoms with Gasteiger partial charge in [-0.3, -0.25) is 4.90 Å². The summed E-state index contributed by atoms with van der Waals surface area (Å²) in [6.45, 7) is 4.16. The van der Waals surface area contributed by atoms with E-state index in [0.29, 0.717) is 11.6 Å². The van der Waals surface area contributed by atoms with Gasteiger partial charge in [0.1, 0.15) is 0 Å². The smallest absolute Gasteiger partial charge is 0.317 e. The maximum Gasteiger partial charge on any atom is 0.317 e. The Morgan fingerprint density at radius 1 is 1.42 bits per heavy atom. The maximum atomic E-state index is 11.5. The summed E-state index contributed by atoms with van der Waals surface area (Å²) in [4.78, 5) is 15.8. The summed E-state index contributed by atoms with van der Waals surface area (Å²) in [6, 6.07) is 10.2. The number of piperazine rings is 1. The molecule has 5 nitrogen and oxygen atoms in total. The van der Waals surface area contributed by atoms with Crippen LogP contribution in [-0.4, -0.2) is 48.1 Å². The Kier molecular flexibility index (Phi) is 3.10. The van der Waals surface area contributed by atoms with Crippen LogP contribution >= 0.6 is 0 Å². The molecule has 2 aliphatic heterocycles. The van der Waals surface area contributed by atoms with Crippen molar-refractivity contribution in [3.63, 3.8) is 0 Å². The molecule has 5 heteroatoms. The summed E-state index contributed by atoms with van der Waals surface area (Å²) in [5.74, 6) is 0. The molecule has 1 aromatic rings. The van der Waals surface area contributed by atoms with E-state index in [4.69, 9.17) is 5.26 Å². The average Bonchev–Trinajstić information content (AvgIpc) is 2.80. The quantitative estimate of drug-likeness (QED) is 0.850. The zero-order valence-corrected chi connectivity index (χ0v) is 10.7. The Labute approximate surface area is 112 Å². The number of rotatable bonds is 2. The van der Waals surface area contributed by atoms with Crippen molar-refractivity contribution in [1.29, 1.82) is 5.26 Å². The van der Waals surface area contributed by atoms with Gasteiger partial charge in [-0.25, -0.2) is 4.79 Å². The van der Waals surface area contributed by atoms with Gasteiger partial charge in [0.2, 0.25) is 0 Å². The lowest BCUT2D eigenvalue weighted by molar-refractivity contribution is 0.116. The minimum atomic E-state index is 0.0659. The van der Waals surface area contributed by atoms with Gasteiger partial charge in [-0.05, 0) is 17.7 Å². The first kappa shape index (κ1) is 12.0. The molecule has 3 rings (SSSR count). The molecule has 2 fully saturated rings. The minimum absolute atomic E-state index is 0.0659. The van der Waals surface area contributed by atoms with Gasteiger partial charge in [0.25, 0.3) is 0 Å². The van der Waals surface area contributed by atoms with Gasteiger partial charge in [0, 0.05) is 32.7 Å². The second-order valence-corrected chi connectivity index (χ2v) is 5.08. The lowest BCUT2D eigenvalue weighted by Gasteiger charge is -2.36. The van der Waals surface area contributed by atoms with Crippen LogP contribution in [0.3, 0.4) is 0 Å². The van der Waals surface area contributed by atoms with E-state index >= 15 is 0 Å².